The van der Waals surface area contributed by atoms with E-state index in [4.69, 9.17) is 5.11 Å². The minimum atomic E-state index is -0.783. The van der Waals surface area contributed by atoms with Crippen LogP contribution in [0, 0.1) is 0 Å². The van der Waals surface area contributed by atoms with Crippen LogP contribution < -0.4 is 0 Å². The molecule has 1 N–H and O–H groups in total. The molecule has 0 spiro atoms. The van der Waals surface area contributed by atoms with Crippen molar-refractivity contribution in [2.75, 3.05) is 13.1 Å². The number of carboxylic acids is 1. The molecule has 1 saturated heterocycles. The van der Waals surface area contributed by atoms with E-state index in [1.807, 2.05) is 4.90 Å². The highest BCUT2D eigenvalue weighted by molar-refractivity contribution is 5.76. The number of likely N-dealkylation sites (tertiary alicyclic amines) is 1. The molecule has 86 valence electrons. The molecule has 0 aromatic rings. The summed E-state index contributed by atoms with van der Waals surface area (Å²) in [5.74, 6) is -0.588. The van der Waals surface area contributed by atoms with Crippen molar-refractivity contribution >= 4 is 11.9 Å². The van der Waals surface area contributed by atoms with Crippen molar-refractivity contribution in [3.05, 3.63) is 0 Å². The number of carbonyl (C=O) groups is 2. The van der Waals surface area contributed by atoms with E-state index in [-0.39, 0.29) is 12.3 Å². The molecule has 1 fully saturated rings. The Hall–Kier alpha value is -1.06. The van der Waals surface area contributed by atoms with Gasteiger partial charge in [-0.25, -0.2) is 0 Å². The zero-order valence-corrected chi connectivity index (χ0v) is 9.07. The van der Waals surface area contributed by atoms with E-state index < -0.39 is 5.97 Å². The first-order valence-corrected chi connectivity index (χ1v) is 5.70. The number of nitrogens with zero attached hydrogens (tertiary/aromatic N) is 1. The van der Waals surface area contributed by atoms with Crippen LogP contribution >= 0.6 is 0 Å². The van der Waals surface area contributed by atoms with E-state index >= 15 is 0 Å². The Balaban J connectivity index is 2.29. The molecule has 4 nitrogen and oxygen atoms in total. The summed E-state index contributed by atoms with van der Waals surface area (Å²) in [6.07, 6.45) is 5.72. The lowest BCUT2D eigenvalue weighted by Crippen LogP contribution is -2.33. The van der Waals surface area contributed by atoms with Crippen molar-refractivity contribution in [1.29, 1.82) is 0 Å². The summed E-state index contributed by atoms with van der Waals surface area (Å²) in [4.78, 5) is 23.8. The van der Waals surface area contributed by atoms with Gasteiger partial charge >= 0.3 is 5.97 Å². The smallest absolute Gasteiger partial charge is 0.303 e. The van der Waals surface area contributed by atoms with Gasteiger partial charge < -0.3 is 10.0 Å². The predicted molar refractivity (Wildman–Crippen MR) is 56.5 cm³/mol. The zero-order valence-electron chi connectivity index (χ0n) is 9.07. The third kappa shape index (κ3) is 4.81. The van der Waals surface area contributed by atoms with E-state index in [2.05, 4.69) is 0 Å². The lowest BCUT2D eigenvalue weighted by molar-refractivity contribution is -0.138. The molecule has 15 heavy (non-hydrogen) atoms. The summed E-state index contributed by atoms with van der Waals surface area (Å²) in [7, 11) is 0. The van der Waals surface area contributed by atoms with Crippen LogP contribution in [0.15, 0.2) is 0 Å². The summed E-state index contributed by atoms with van der Waals surface area (Å²) in [5.41, 5.74) is 0. The topological polar surface area (TPSA) is 57.6 Å². The summed E-state index contributed by atoms with van der Waals surface area (Å²) in [5, 5.41) is 8.51. The Morgan fingerprint density at radius 1 is 1.27 bits per heavy atom. The molecule has 0 aromatic heterocycles. The molecule has 1 aliphatic heterocycles. The van der Waals surface area contributed by atoms with E-state index in [9.17, 15) is 9.59 Å². The van der Waals surface area contributed by atoms with E-state index in [1.165, 1.54) is 6.42 Å². The highest BCUT2D eigenvalue weighted by Crippen LogP contribution is 2.12. The fourth-order valence-corrected chi connectivity index (χ4v) is 1.87. The van der Waals surface area contributed by atoms with Crippen LogP contribution in [0.5, 0.6) is 0 Å². The second kappa shape index (κ2) is 6.43. The van der Waals surface area contributed by atoms with Gasteiger partial charge in [-0.15, -0.1) is 0 Å². The molecule has 0 aliphatic carbocycles. The first-order chi connectivity index (χ1) is 7.20. The molecule has 0 aromatic carbocycles. The van der Waals surface area contributed by atoms with Gasteiger partial charge in [-0.1, -0.05) is 12.8 Å². The Kier molecular flexibility index (Phi) is 5.15. The first-order valence-electron chi connectivity index (χ1n) is 5.70. The summed E-state index contributed by atoms with van der Waals surface area (Å²) < 4.78 is 0. The molecule has 1 rings (SSSR count). The Morgan fingerprint density at radius 3 is 2.73 bits per heavy atom. The standard InChI is InChI=1S/C11H19NO3/c13-10-6-3-1-2-4-8-12(10)9-5-7-11(14)15/h1-9H2,(H,14,15). The fraction of sp³-hybridized carbons (Fsp3) is 0.818. The minimum absolute atomic E-state index is 0.157. The minimum Gasteiger partial charge on any atom is -0.481 e. The maximum Gasteiger partial charge on any atom is 0.303 e. The van der Waals surface area contributed by atoms with Gasteiger partial charge in [-0.05, 0) is 19.3 Å². The fourth-order valence-electron chi connectivity index (χ4n) is 1.87. The molecule has 0 radical (unpaired) electrons. The quantitative estimate of drug-likeness (QED) is 0.772. The highest BCUT2D eigenvalue weighted by Gasteiger charge is 2.15. The number of hydrogen-bond acceptors (Lipinski definition) is 2. The second-order valence-corrected chi connectivity index (χ2v) is 4.04. The van der Waals surface area contributed by atoms with Crippen LogP contribution in [0.2, 0.25) is 0 Å². The Labute approximate surface area is 90.3 Å². The monoisotopic (exact) mass is 213 g/mol. The van der Waals surface area contributed by atoms with Crippen molar-refractivity contribution in [1.82, 2.24) is 4.90 Å². The molecule has 0 unspecified atom stereocenters. The third-order valence-corrected chi connectivity index (χ3v) is 2.74. The number of amides is 1. The summed E-state index contributed by atoms with van der Waals surface area (Å²) >= 11 is 0. The van der Waals surface area contributed by atoms with Crippen LogP contribution in [0.4, 0.5) is 0 Å². The molecular formula is C11H19NO3. The zero-order chi connectivity index (χ0) is 11.1. The lowest BCUT2D eigenvalue weighted by Gasteiger charge is -2.24. The van der Waals surface area contributed by atoms with Crippen LogP contribution in [-0.2, 0) is 9.59 Å². The molecular weight excluding hydrogens is 194 g/mol. The lowest BCUT2D eigenvalue weighted by atomic mass is 10.1. The average Bonchev–Trinajstić information content (AvgIpc) is 2.16. The van der Waals surface area contributed by atoms with Gasteiger partial charge in [-0.2, -0.15) is 0 Å². The number of aliphatic carboxylic acids is 1. The molecule has 0 bridgehead atoms. The van der Waals surface area contributed by atoms with Gasteiger partial charge in [0.05, 0.1) is 0 Å². The molecule has 4 heteroatoms. The third-order valence-electron chi connectivity index (χ3n) is 2.74. The van der Waals surface area contributed by atoms with Gasteiger partial charge in [0, 0.05) is 25.9 Å². The number of hydrogen-bond donors (Lipinski definition) is 1. The van der Waals surface area contributed by atoms with Gasteiger partial charge in [0.15, 0.2) is 0 Å². The van der Waals surface area contributed by atoms with Crippen molar-refractivity contribution in [3.8, 4) is 0 Å². The van der Waals surface area contributed by atoms with Crippen molar-refractivity contribution in [2.24, 2.45) is 0 Å². The average molecular weight is 213 g/mol. The molecule has 0 atom stereocenters. The number of rotatable bonds is 4. The first kappa shape index (κ1) is 12.0. The van der Waals surface area contributed by atoms with Crippen molar-refractivity contribution < 1.29 is 14.7 Å². The van der Waals surface area contributed by atoms with Gasteiger partial charge in [0.1, 0.15) is 0 Å². The van der Waals surface area contributed by atoms with Crippen molar-refractivity contribution in [2.45, 2.75) is 44.9 Å². The van der Waals surface area contributed by atoms with Crippen LogP contribution in [-0.4, -0.2) is 35.0 Å². The maximum atomic E-state index is 11.6. The van der Waals surface area contributed by atoms with Gasteiger partial charge in [0.2, 0.25) is 5.91 Å². The van der Waals surface area contributed by atoms with E-state index in [1.54, 1.807) is 0 Å². The SMILES string of the molecule is O=C(O)CCCN1CCCCCCC1=O. The highest BCUT2D eigenvalue weighted by atomic mass is 16.4. The van der Waals surface area contributed by atoms with Crippen LogP contribution in [0.3, 0.4) is 0 Å². The van der Waals surface area contributed by atoms with Crippen LogP contribution in [0.1, 0.15) is 44.9 Å². The molecule has 1 heterocycles. The molecule has 1 amide bonds. The van der Waals surface area contributed by atoms with E-state index in [0.717, 1.165) is 25.8 Å². The molecule has 0 saturated carbocycles. The Bertz CT molecular complexity index is 228. The van der Waals surface area contributed by atoms with Crippen LogP contribution in [0.25, 0.3) is 0 Å². The predicted octanol–water partition coefficient (Wildman–Crippen LogP) is 1.64. The van der Waals surface area contributed by atoms with Gasteiger partial charge in [0.25, 0.3) is 0 Å². The number of carboxylic acid groups (broad SMARTS) is 1. The van der Waals surface area contributed by atoms with Crippen molar-refractivity contribution in [3.63, 3.8) is 0 Å². The summed E-state index contributed by atoms with van der Waals surface area (Å²) in [6.45, 7) is 1.41. The molecule has 1 aliphatic rings. The van der Waals surface area contributed by atoms with Gasteiger partial charge in [-0.3, -0.25) is 9.59 Å². The maximum absolute atomic E-state index is 11.6. The summed E-state index contributed by atoms with van der Waals surface area (Å²) in [6, 6.07) is 0. The van der Waals surface area contributed by atoms with E-state index in [0.29, 0.717) is 19.4 Å². The second-order valence-electron chi connectivity index (χ2n) is 4.04. The normalized spacial score (nSPS) is 18.4. The Morgan fingerprint density at radius 2 is 2.00 bits per heavy atom. The largest absolute Gasteiger partial charge is 0.481 e. The number of carbonyl (C=O) groups excluding carboxylic acids is 1.